The summed E-state index contributed by atoms with van der Waals surface area (Å²) >= 11 is 5.80. The van der Waals surface area contributed by atoms with Gasteiger partial charge in [-0.25, -0.2) is 0 Å². The van der Waals surface area contributed by atoms with E-state index in [1.54, 1.807) is 0 Å². The molecule has 0 saturated heterocycles. The zero-order valence-electron chi connectivity index (χ0n) is 13.8. The van der Waals surface area contributed by atoms with Crippen molar-refractivity contribution in [2.75, 3.05) is 6.61 Å². The maximum atomic E-state index is 5.80. The monoisotopic (exact) mass is 328 g/mol. The summed E-state index contributed by atoms with van der Waals surface area (Å²) < 4.78 is 5.76. The number of benzene rings is 2. The van der Waals surface area contributed by atoms with Crippen LogP contribution >= 0.6 is 11.6 Å². The van der Waals surface area contributed by atoms with E-state index in [-0.39, 0.29) is 0 Å². The third-order valence-electron chi connectivity index (χ3n) is 3.75. The van der Waals surface area contributed by atoms with Crippen molar-refractivity contribution in [1.29, 1.82) is 0 Å². The van der Waals surface area contributed by atoms with Crippen molar-refractivity contribution in [2.45, 2.75) is 38.5 Å². The second-order valence-corrected chi connectivity index (χ2v) is 5.95. The van der Waals surface area contributed by atoms with Crippen molar-refractivity contribution in [3.8, 4) is 5.75 Å². The fourth-order valence-electron chi connectivity index (χ4n) is 2.30. The smallest absolute Gasteiger partial charge is 0.119 e. The lowest BCUT2D eigenvalue weighted by Crippen LogP contribution is -1.96. The molecule has 0 saturated carbocycles. The van der Waals surface area contributed by atoms with E-state index in [9.17, 15) is 0 Å². The molecule has 0 heterocycles. The molecule has 0 bridgehead atoms. The normalized spacial score (nSPS) is 11.0. The van der Waals surface area contributed by atoms with Crippen LogP contribution in [0.2, 0.25) is 0 Å². The van der Waals surface area contributed by atoms with Gasteiger partial charge in [0.15, 0.2) is 0 Å². The van der Waals surface area contributed by atoms with Crippen LogP contribution in [0.3, 0.4) is 0 Å². The standard InChI is InChI=1S/C21H25ClO/c1-2-3-4-5-16-23-21-14-12-19(13-15-21)7-6-18-8-10-20(17-22)11-9-18/h6-15H,2-5,16-17H2,1H3. The quantitative estimate of drug-likeness (QED) is 0.288. The van der Waals surface area contributed by atoms with Crippen LogP contribution in [0.4, 0.5) is 0 Å². The molecule has 0 aliphatic heterocycles. The molecular formula is C21H25ClO. The SMILES string of the molecule is CCCCCCOc1ccc(C=Cc2ccc(CCl)cc2)cc1. The van der Waals surface area contributed by atoms with Gasteiger partial charge in [0.1, 0.15) is 5.75 Å². The Hall–Kier alpha value is -1.73. The molecule has 1 nitrogen and oxygen atoms in total. The average Bonchev–Trinajstić information content (AvgIpc) is 2.61. The summed E-state index contributed by atoms with van der Waals surface area (Å²) in [5, 5.41) is 0. The highest BCUT2D eigenvalue weighted by Gasteiger charge is 1.95. The fourth-order valence-corrected chi connectivity index (χ4v) is 2.48. The molecule has 0 fully saturated rings. The van der Waals surface area contributed by atoms with E-state index in [4.69, 9.17) is 16.3 Å². The van der Waals surface area contributed by atoms with E-state index in [1.807, 2.05) is 12.1 Å². The van der Waals surface area contributed by atoms with Gasteiger partial charge in [-0.2, -0.15) is 0 Å². The van der Waals surface area contributed by atoms with Crippen LogP contribution < -0.4 is 4.74 Å². The van der Waals surface area contributed by atoms with Gasteiger partial charge < -0.3 is 4.74 Å². The van der Waals surface area contributed by atoms with Crippen LogP contribution in [0, 0.1) is 0 Å². The highest BCUT2D eigenvalue weighted by molar-refractivity contribution is 6.17. The first-order valence-electron chi connectivity index (χ1n) is 8.37. The van der Waals surface area contributed by atoms with Crippen LogP contribution in [0.15, 0.2) is 48.5 Å². The lowest BCUT2D eigenvalue weighted by Gasteiger charge is -2.06. The van der Waals surface area contributed by atoms with Crippen LogP contribution in [-0.4, -0.2) is 6.61 Å². The molecule has 0 aromatic heterocycles. The molecule has 2 aromatic rings. The zero-order valence-corrected chi connectivity index (χ0v) is 14.6. The molecule has 122 valence electrons. The number of hydrogen-bond donors (Lipinski definition) is 0. The van der Waals surface area contributed by atoms with E-state index in [2.05, 4.69) is 55.5 Å². The Labute approximate surface area is 145 Å². The van der Waals surface area contributed by atoms with E-state index in [0.717, 1.165) is 24.3 Å². The molecular weight excluding hydrogens is 304 g/mol. The second-order valence-electron chi connectivity index (χ2n) is 5.69. The topological polar surface area (TPSA) is 9.23 Å². The third kappa shape index (κ3) is 6.50. The highest BCUT2D eigenvalue weighted by Crippen LogP contribution is 2.16. The minimum absolute atomic E-state index is 0.559. The van der Waals surface area contributed by atoms with E-state index >= 15 is 0 Å². The van der Waals surface area contributed by atoms with Gasteiger partial charge in [0, 0.05) is 5.88 Å². The first-order valence-corrected chi connectivity index (χ1v) is 8.91. The van der Waals surface area contributed by atoms with Crippen molar-refractivity contribution < 1.29 is 4.74 Å². The first kappa shape index (κ1) is 17.6. The summed E-state index contributed by atoms with van der Waals surface area (Å²) in [7, 11) is 0. The highest BCUT2D eigenvalue weighted by atomic mass is 35.5. The Morgan fingerprint density at radius 2 is 1.43 bits per heavy atom. The second kappa shape index (κ2) is 10.1. The lowest BCUT2D eigenvalue weighted by atomic mass is 10.1. The molecule has 0 aliphatic rings. The van der Waals surface area contributed by atoms with E-state index in [0.29, 0.717) is 5.88 Å². The summed E-state index contributed by atoms with van der Waals surface area (Å²) in [6.07, 6.45) is 9.15. The summed E-state index contributed by atoms with van der Waals surface area (Å²) in [4.78, 5) is 0. The van der Waals surface area contributed by atoms with Gasteiger partial charge in [0.25, 0.3) is 0 Å². The number of hydrogen-bond acceptors (Lipinski definition) is 1. The van der Waals surface area contributed by atoms with Gasteiger partial charge in [-0.05, 0) is 35.2 Å². The molecule has 2 heteroatoms. The molecule has 0 N–H and O–H groups in total. The van der Waals surface area contributed by atoms with Crippen molar-refractivity contribution in [2.24, 2.45) is 0 Å². The number of unbranched alkanes of at least 4 members (excludes halogenated alkanes) is 3. The van der Waals surface area contributed by atoms with Crippen molar-refractivity contribution >= 4 is 23.8 Å². The van der Waals surface area contributed by atoms with Crippen LogP contribution in [0.5, 0.6) is 5.75 Å². The van der Waals surface area contributed by atoms with Gasteiger partial charge in [-0.3, -0.25) is 0 Å². The van der Waals surface area contributed by atoms with Crippen molar-refractivity contribution in [1.82, 2.24) is 0 Å². The third-order valence-corrected chi connectivity index (χ3v) is 4.06. The number of halogens is 1. The van der Waals surface area contributed by atoms with E-state index < -0.39 is 0 Å². The van der Waals surface area contributed by atoms with Gasteiger partial charge in [-0.1, -0.05) is 74.7 Å². The molecule has 0 amide bonds. The molecule has 0 aliphatic carbocycles. The lowest BCUT2D eigenvalue weighted by molar-refractivity contribution is 0.305. The first-order chi connectivity index (χ1) is 11.3. The van der Waals surface area contributed by atoms with Crippen molar-refractivity contribution in [3.63, 3.8) is 0 Å². The average molecular weight is 329 g/mol. The molecule has 2 rings (SSSR count). The predicted molar refractivity (Wildman–Crippen MR) is 101 cm³/mol. The Kier molecular flexibility index (Phi) is 7.75. The number of ether oxygens (including phenoxy) is 1. The maximum absolute atomic E-state index is 5.80. The Morgan fingerprint density at radius 3 is 2.00 bits per heavy atom. The molecule has 0 atom stereocenters. The maximum Gasteiger partial charge on any atom is 0.119 e. The Morgan fingerprint density at radius 1 is 0.826 bits per heavy atom. The summed E-state index contributed by atoms with van der Waals surface area (Å²) in [6.45, 7) is 3.03. The molecule has 23 heavy (non-hydrogen) atoms. The zero-order chi connectivity index (χ0) is 16.3. The summed E-state index contributed by atoms with van der Waals surface area (Å²) in [5.41, 5.74) is 3.49. The van der Waals surface area contributed by atoms with Gasteiger partial charge >= 0.3 is 0 Å². The minimum atomic E-state index is 0.559. The van der Waals surface area contributed by atoms with Crippen molar-refractivity contribution in [3.05, 3.63) is 65.2 Å². The largest absolute Gasteiger partial charge is 0.494 e. The molecule has 0 spiro atoms. The van der Waals surface area contributed by atoms with Gasteiger partial charge in [0.05, 0.1) is 6.61 Å². The summed E-state index contributed by atoms with van der Waals surface area (Å²) in [6, 6.07) is 16.5. The van der Waals surface area contributed by atoms with Crippen LogP contribution in [0.1, 0.15) is 49.3 Å². The minimum Gasteiger partial charge on any atom is -0.494 e. The number of rotatable bonds is 9. The van der Waals surface area contributed by atoms with Crippen LogP contribution in [-0.2, 0) is 5.88 Å². The Bertz CT molecular complexity index is 584. The predicted octanol–water partition coefficient (Wildman–Crippen LogP) is 6.55. The van der Waals surface area contributed by atoms with Gasteiger partial charge in [-0.15, -0.1) is 11.6 Å². The summed E-state index contributed by atoms with van der Waals surface area (Å²) in [5.74, 6) is 1.51. The fraction of sp³-hybridized carbons (Fsp3) is 0.333. The van der Waals surface area contributed by atoms with Gasteiger partial charge in [0.2, 0.25) is 0 Å². The molecule has 2 aromatic carbocycles. The molecule has 0 unspecified atom stereocenters. The van der Waals surface area contributed by atoms with E-state index in [1.165, 1.54) is 30.4 Å². The Balaban J connectivity index is 1.82. The van der Waals surface area contributed by atoms with Crippen LogP contribution in [0.25, 0.3) is 12.2 Å². The molecule has 0 radical (unpaired) electrons. The number of alkyl halides is 1.